The van der Waals surface area contributed by atoms with Crippen molar-refractivity contribution >= 4 is 34.9 Å². The van der Waals surface area contributed by atoms with Gasteiger partial charge in [-0.2, -0.15) is 10.1 Å². The van der Waals surface area contributed by atoms with Gasteiger partial charge in [0.05, 0.1) is 7.11 Å². The van der Waals surface area contributed by atoms with Crippen LogP contribution in [0.25, 0.3) is 0 Å². The van der Waals surface area contributed by atoms with Crippen molar-refractivity contribution in [1.82, 2.24) is 14.8 Å². The molecule has 2 aromatic carbocycles. The van der Waals surface area contributed by atoms with Crippen LogP contribution in [0.4, 0.5) is 5.95 Å². The Morgan fingerprint density at radius 2 is 1.91 bits per heavy atom. The van der Waals surface area contributed by atoms with Gasteiger partial charge in [-0.15, -0.1) is 0 Å². The van der Waals surface area contributed by atoms with Crippen molar-refractivity contribution in [2.75, 3.05) is 12.4 Å². The second-order valence-corrected chi connectivity index (χ2v) is 10.1. The molecule has 1 N–H and O–H groups in total. The van der Waals surface area contributed by atoms with E-state index in [1.807, 2.05) is 18.2 Å². The summed E-state index contributed by atoms with van der Waals surface area (Å²) >= 11 is 12.6. The molecule has 9 heteroatoms. The van der Waals surface area contributed by atoms with Gasteiger partial charge in [0.25, 0.3) is 0 Å². The highest BCUT2D eigenvalue weighted by Gasteiger charge is 2.41. The molecule has 1 unspecified atom stereocenters. The maximum atomic E-state index is 13.3. The highest BCUT2D eigenvalue weighted by Crippen LogP contribution is 2.46. The fraction of sp³-hybridized carbons (Fsp3) is 0.320. The van der Waals surface area contributed by atoms with Gasteiger partial charge in [-0.3, -0.25) is 4.79 Å². The number of carbonyl (C=O) groups excluding carboxylic acids is 1. The first-order chi connectivity index (χ1) is 16.3. The number of rotatable bonds is 5. The first-order valence-electron chi connectivity index (χ1n) is 10.9. The maximum absolute atomic E-state index is 13.3. The Balaban J connectivity index is 1.51. The number of Topliss-reactive ketones (excluding diaryl/α,β-unsaturated/α-hetero) is 1. The smallest absolute Gasteiger partial charge is 0.226 e. The summed E-state index contributed by atoms with van der Waals surface area (Å²) in [7, 11) is 1.58. The van der Waals surface area contributed by atoms with E-state index in [2.05, 4.69) is 29.2 Å². The lowest BCUT2D eigenvalue weighted by molar-refractivity contribution is -0.118. The molecular weight excluding hydrogens is 475 g/mol. The average Bonchev–Trinajstić information content (AvgIpc) is 3.24. The fourth-order valence-corrected chi connectivity index (χ4v) is 5.16. The lowest BCUT2D eigenvalue weighted by Crippen LogP contribution is -2.36. The number of halogens is 2. The van der Waals surface area contributed by atoms with Crippen molar-refractivity contribution in [2.24, 2.45) is 5.41 Å². The van der Waals surface area contributed by atoms with Gasteiger partial charge < -0.3 is 14.8 Å². The third-order valence-corrected chi connectivity index (χ3v) is 6.92. The number of ketones is 1. The highest BCUT2D eigenvalue weighted by atomic mass is 35.5. The molecule has 2 aliphatic rings. The van der Waals surface area contributed by atoms with Crippen LogP contribution < -0.4 is 14.8 Å². The van der Waals surface area contributed by atoms with Crippen LogP contribution in [0.2, 0.25) is 10.0 Å². The Bertz CT molecular complexity index is 1290. The SMILES string of the molecule is COc1cc(C2C3=C(CC(C)(C)CC3=O)Nc3ncnn32)ccc1OCc1c(Cl)cccc1Cl. The number of fused-ring (bicyclic) bond motifs is 1. The topological polar surface area (TPSA) is 78.3 Å². The van der Waals surface area contributed by atoms with Crippen molar-refractivity contribution in [3.63, 3.8) is 0 Å². The van der Waals surface area contributed by atoms with E-state index in [0.717, 1.165) is 23.3 Å². The molecule has 0 fully saturated rings. The van der Waals surface area contributed by atoms with Gasteiger partial charge in [-0.25, -0.2) is 4.68 Å². The zero-order valence-corrected chi connectivity index (χ0v) is 20.6. The van der Waals surface area contributed by atoms with Crippen molar-refractivity contribution in [2.45, 2.75) is 39.3 Å². The lowest BCUT2D eigenvalue weighted by Gasteiger charge is -2.38. The van der Waals surface area contributed by atoms with Crippen LogP contribution in [0.3, 0.4) is 0 Å². The largest absolute Gasteiger partial charge is 0.493 e. The molecule has 176 valence electrons. The van der Waals surface area contributed by atoms with Crippen molar-refractivity contribution in [1.29, 1.82) is 0 Å². The Morgan fingerprint density at radius 3 is 2.65 bits per heavy atom. The van der Waals surface area contributed by atoms with E-state index in [4.69, 9.17) is 32.7 Å². The number of methoxy groups -OCH3 is 1. The molecule has 3 aromatic rings. The van der Waals surface area contributed by atoms with E-state index in [1.54, 1.807) is 30.0 Å². The Morgan fingerprint density at radius 1 is 1.15 bits per heavy atom. The van der Waals surface area contributed by atoms with Crippen LogP contribution in [-0.4, -0.2) is 27.7 Å². The van der Waals surface area contributed by atoms with Gasteiger partial charge in [-0.1, -0.05) is 49.2 Å². The number of nitrogens with zero attached hydrogens (tertiary/aromatic N) is 3. The summed E-state index contributed by atoms with van der Waals surface area (Å²) in [4.78, 5) is 17.6. The second kappa shape index (κ2) is 8.64. The minimum atomic E-state index is -0.404. The monoisotopic (exact) mass is 498 g/mol. The standard InChI is InChI=1S/C25H24Cl2N4O3/c1-25(2)10-18-22(19(32)11-25)23(31-24(30-18)28-13-29-31)14-7-8-20(21(9-14)33-3)34-12-15-16(26)5-4-6-17(15)27/h4-9,13,23H,10-12H2,1-3H3,(H,28,29,30). The number of hydrogen-bond donors (Lipinski definition) is 1. The number of nitrogens with one attached hydrogen (secondary N) is 1. The van der Waals surface area contributed by atoms with Crippen LogP contribution in [0.1, 0.15) is 43.9 Å². The Hall–Kier alpha value is -3.03. The number of carbonyl (C=O) groups is 1. The molecule has 1 aromatic heterocycles. The van der Waals surface area contributed by atoms with Gasteiger partial charge in [-0.05, 0) is 41.7 Å². The van der Waals surface area contributed by atoms with Crippen LogP contribution in [0, 0.1) is 5.41 Å². The van der Waals surface area contributed by atoms with Crippen molar-refractivity contribution in [3.8, 4) is 11.5 Å². The number of allylic oxidation sites excluding steroid dienone is 2. The Labute approximate surface area is 207 Å². The van der Waals surface area contributed by atoms with Crippen LogP contribution in [0.15, 0.2) is 54.0 Å². The normalized spacial score (nSPS) is 18.7. The molecule has 0 bridgehead atoms. The number of ether oxygens (including phenoxy) is 2. The summed E-state index contributed by atoms with van der Waals surface area (Å²) in [5.74, 6) is 1.80. The van der Waals surface area contributed by atoms with Gasteiger partial charge >= 0.3 is 0 Å². The molecule has 0 saturated carbocycles. The molecule has 1 atom stereocenters. The predicted octanol–water partition coefficient (Wildman–Crippen LogP) is 5.83. The predicted molar refractivity (Wildman–Crippen MR) is 131 cm³/mol. The van der Waals surface area contributed by atoms with Gasteiger partial charge in [0, 0.05) is 33.3 Å². The molecule has 0 spiro atoms. The minimum Gasteiger partial charge on any atom is -0.493 e. The number of aromatic nitrogens is 3. The highest BCUT2D eigenvalue weighted by molar-refractivity contribution is 6.35. The van der Waals surface area contributed by atoms with E-state index < -0.39 is 6.04 Å². The molecule has 0 saturated heterocycles. The summed E-state index contributed by atoms with van der Waals surface area (Å²) in [5.41, 5.74) is 3.06. The first kappa shape index (κ1) is 22.7. The molecule has 0 radical (unpaired) electrons. The van der Waals surface area contributed by atoms with E-state index in [0.29, 0.717) is 39.5 Å². The molecule has 0 amide bonds. The van der Waals surface area contributed by atoms with Crippen molar-refractivity contribution in [3.05, 3.63) is 75.2 Å². The van der Waals surface area contributed by atoms with Crippen LogP contribution >= 0.6 is 23.2 Å². The third-order valence-electron chi connectivity index (χ3n) is 6.21. The summed E-state index contributed by atoms with van der Waals surface area (Å²) in [6.45, 7) is 4.40. The minimum absolute atomic E-state index is 0.109. The summed E-state index contributed by atoms with van der Waals surface area (Å²) in [6, 6.07) is 10.6. The lowest BCUT2D eigenvalue weighted by atomic mass is 9.73. The Kier molecular flexibility index (Phi) is 5.78. The van der Waals surface area contributed by atoms with E-state index in [9.17, 15) is 4.79 Å². The van der Waals surface area contributed by atoms with Crippen LogP contribution in [0.5, 0.6) is 11.5 Å². The zero-order valence-electron chi connectivity index (χ0n) is 19.1. The quantitative estimate of drug-likeness (QED) is 0.476. The molecule has 7 nitrogen and oxygen atoms in total. The molecule has 1 aliphatic heterocycles. The number of benzene rings is 2. The molecule has 5 rings (SSSR count). The van der Waals surface area contributed by atoms with E-state index >= 15 is 0 Å². The molecule has 1 aliphatic carbocycles. The van der Waals surface area contributed by atoms with E-state index in [1.165, 1.54) is 6.33 Å². The summed E-state index contributed by atoms with van der Waals surface area (Å²) in [5, 5.41) is 8.80. The van der Waals surface area contributed by atoms with Crippen molar-refractivity contribution < 1.29 is 14.3 Å². The summed E-state index contributed by atoms with van der Waals surface area (Å²) < 4.78 is 13.4. The zero-order chi connectivity index (χ0) is 24.0. The first-order valence-corrected chi connectivity index (χ1v) is 11.7. The molecule has 2 heterocycles. The number of anilines is 1. The van der Waals surface area contributed by atoms with Gasteiger partial charge in [0.2, 0.25) is 5.95 Å². The average molecular weight is 499 g/mol. The van der Waals surface area contributed by atoms with Gasteiger partial charge in [0.1, 0.15) is 19.0 Å². The number of hydrogen-bond acceptors (Lipinski definition) is 6. The van der Waals surface area contributed by atoms with Gasteiger partial charge in [0.15, 0.2) is 17.3 Å². The van der Waals surface area contributed by atoms with E-state index in [-0.39, 0.29) is 17.8 Å². The summed E-state index contributed by atoms with van der Waals surface area (Å²) in [6.07, 6.45) is 2.73. The molecular formula is C25H24Cl2N4O3. The second-order valence-electron chi connectivity index (χ2n) is 9.29. The fourth-order valence-electron chi connectivity index (χ4n) is 4.65. The molecule has 34 heavy (non-hydrogen) atoms. The third kappa shape index (κ3) is 4.03. The maximum Gasteiger partial charge on any atom is 0.226 e. The van der Waals surface area contributed by atoms with Crippen LogP contribution in [-0.2, 0) is 11.4 Å².